The molecule has 0 amide bonds. The predicted molar refractivity (Wildman–Crippen MR) is 34.6 cm³/mol. The fourth-order valence-electron chi connectivity index (χ4n) is 0.465. The van der Waals surface area contributed by atoms with Gasteiger partial charge in [0.2, 0.25) is 0 Å². The molecule has 51 valence electrons. The summed E-state index contributed by atoms with van der Waals surface area (Å²) < 4.78 is 0. The molecule has 0 aromatic heterocycles. The van der Waals surface area contributed by atoms with Crippen LogP contribution in [0, 0.1) is 16.4 Å². The van der Waals surface area contributed by atoms with Crippen LogP contribution in [0.4, 0.5) is 0 Å². The average molecular weight is 129 g/mol. The molecule has 0 spiro atoms. The Labute approximate surface area is 53.6 Å². The van der Waals surface area contributed by atoms with Gasteiger partial charge >= 0.3 is 0 Å². The lowest BCUT2D eigenvalue weighted by molar-refractivity contribution is 0.730. The first-order chi connectivity index (χ1) is 4.41. The molecule has 4 nitrogen and oxygen atoms in total. The van der Waals surface area contributed by atoms with Crippen molar-refractivity contribution in [2.75, 3.05) is 6.54 Å². The van der Waals surface area contributed by atoms with Crippen LogP contribution in [0.1, 0.15) is 19.3 Å². The molecule has 0 bridgehead atoms. The summed E-state index contributed by atoms with van der Waals surface area (Å²) in [4.78, 5) is 18.9. The number of unbranched alkanes of at least 4 members (excludes halogenated alkanes) is 2. The summed E-state index contributed by atoms with van der Waals surface area (Å²) in [6.07, 6.45) is 2.21. The third-order valence-electron chi connectivity index (χ3n) is 0.907. The van der Waals surface area contributed by atoms with Crippen LogP contribution in [0.15, 0.2) is 10.4 Å². The normalized spacial score (nSPS) is 8.89. The first-order valence-corrected chi connectivity index (χ1v) is 2.85. The molecule has 4 heteroatoms. The van der Waals surface area contributed by atoms with Crippen LogP contribution in [0.25, 0.3) is 0 Å². The molecule has 0 fully saturated rings. The van der Waals surface area contributed by atoms with Gasteiger partial charge in [0.15, 0.2) is 0 Å². The monoisotopic (exact) mass is 129 g/mol. The SMILES string of the molecule is O=N[CH]CCCCN=O. The summed E-state index contributed by atoms with van der Waals surface area (Å²) in [6.45, 7) is 1.64. The highest BCUT2D eigenvalue weighted by atomic mass is 16.3. The van der Waals surface area contributed by atoms with Gasteiger partial charge in [-0.15, -0.1) is 0 Å². The van der Waals surface area contributed by atoms with Crippen LogP contribution < -0.4 is 0 Å². The van der Waals surface area contributed by atoms with Crippen LogP contribution in [-0.4, -0.2) is 6.54 Å². The van der Waals surface area contributed by atoms with E-state index in [0.717, 1.165) is 12.8 Å². The lowest BCUT2D eigenvalue weighted by atomic mass is 10.2. The summed E-state index contributed by atoms with van der Waals surface area (Å²) in [5.41, 5.74) is 0. The zero-order chi connectivity index (χ0) is 6.95. The second-order valence-electron chi connectivity index (χ2n) is 1.64. The molecule has 1 radical (unpaired) electrons. The minimum atomic E-state index is 0.340. The van der Waals surface area contributed by atoms with E-state index in [-0.39, 0.29) is 0 Å². The Balaban J connectivity index is 2.74. The van der Waals surface area contributed by atoms with Crippen molar-refractivity contribution < 1.29 is 0 Å². The molecule has 0 N–H and O–H groups in total. The Morgan fingerprint density at radius 1 is 1.22 bits per heavy atom. The molecular weight excluding hydrogens is 120 g/mol. The van der Waals surface area contributed by atoms with Crippen LogP contribution in [0.2, 0.25) is 0 Å². The molecule has 9 heavy (non-hydrogen) atoms. The molecule has 0 heterocycles. The molecule has 0 aromatic carbocycles. The Morgan fingerprint density at radius 3 is 2.56 bits per heavy atom. The summed E-state index contributed by atoms with van der Waals surface area (Å²) in [7, 11) is 0. The van der Waals surface area contributed by atoms with Crippen molar-refractivity contribution >= 4 is 0 Å². The van der Waals surface area contributed by atoms with E-state index in [0.29, 0.717) is 13.0 Å². The summed E-state index contributed by atoms with van der Waals surface area (Å²) in [6, 6.07) is 0. The molecule has 0 atom stereocenters. The van der Waals surface area contributed by atoms with E-state index in [1.165, 1.54) is 6.54 Å². The van der Waals surface area contributed by atoms with Crippen LogP contribution in [0.3, 0.4) is 0 Å². The van der Waals surface area contributed by atoms with Crippen molar-refractivity contribution in [3.8, 4) is 0 Å². The highest BCUT2D eigenvalue weighted by Crippen LogP contribution is 1.98. The van der Waals surface area contributed by atoms with Gasteiger partial charge in [0.1, 0.15) is 6.54 Å². The van der Waals surface area contributed by atoms with E-state index in [1.807, 2.05) is 0 Å². The maximum atomic E-state index is 9.49. The lowest BCUT2D eigenvalue weighted by Gasteiger charge is -1.88. The highest BCUT2D eigenvalue weighted by Gasteiger charge is 1.87. The molecule has 0 saturated heterocycles. The van der Waals surface area contributed by atoms with E-state index in [4.69, 9.17) is 0 Å². The predicted octanol–water partition coefficient (Wildman–Crippen LogP) is 1.85. The maximum absolute atomic E-state index is 9.49. The topological polar surface area (TPSA) is 58.9 Å². The smallest absolute Gasteiger partial charge is 0.118 e. The fourth-order valence-corrected chi connectivity index (χ4v) is 0.465. The van der Waals surface area contributed by atoms with Crippen molar-refractivity contribution in [3.63, 3.8) is 0 Å². The Bertz CT molecular complexity index is 75.0. The van der Waals surface area contributed by atoms with Gasteiger partial charge in [0.25, 0.3) is 0 Å². The van der Waals surface area contributed by atoms with Gasteiger partial charge in [-0.25, -0.2) is 0 Å². The van der Waals surface area contributed by atoms with Gasteiger partial charge in [0.05, 0.1) is 6.54 Å². The number of nitroso groups, excluding NO2 is 2. The van der Waals surface area contributed by atoms with Crippen LogP contribution >= 0.6 is 0 Å². The van der Waals surface area contributed by atoms with Gasteiger partial charge < -0.3 is 0 Å². The van der Waals surface area contributed by atoms with Gasteiger partial charge in [-0.05, 0) is 19.3 Å². The van der Waals surface area contributed by atoms with Crippen molar-refractivity contribution in [3.05, 3.63) is 16.4 Å². The van der Waals surface area contributed by atoms with Gasteiger partial charge in [0, 0.05) is 0 Å². The first kappa shape index (κ1) is 8.20. The average Bonchev–Trinajstić information content (AvgIpc) is 1.89. The molecule has 0 aromatic rings. The zero-order valence-electron chi connectivity index (χ0n) is 5.12. The van der Waals surface area contributed by atoms with Crippen molar-refractivity contribution in [1.29, 1.82) is 0 Å². The van der Waals surface area contributed by atoms with Gasteiger partial charge in [-0.1, -0.05) is 10.4 Å². The fraction of sp³-hybridized carbons (Fsp3) is 0.800. The minimum Gasteiger partial charge on any atom is -0.151 e. The molecular formula is C5H9N2O2. The van der Waals surface area contributed by atoms with Crippen molar-refractivity contribution in [2.24, 2.45) is 10.4 Å². The first-order valence-electron chi connectivity index (χ1n) is 2.85. The number of nitrogens with zero attached hydrogens (tertiary/aromatic N) is 2. The standard InChI is InChI=1S/C5H9N2O2/c8-6-4-2-1-3-5-7-9/h4H,1-3,5H2. The van der Waals surface area contributed by atoms with E-state index < -0.39 is 0 Å². The number of hydrogen-bond donors (Lipinski definition) is 0. The van der Waals surface area contributed by atoms with Crippen molar-refractivity contribution in [2.45, 2.75) is 19.3 Å². The highest BCUT2D eigenvalue weighted by molar-refractivity contribution is 4.59. The van der Waals surface area contributed by atoms with Crippen LogP contribution in [-0.2, 0) is 0 Å². The Morgan fingerprint density at radius 2 is 2.00 bits per heavy atom. The summed E-state index contributed by atoms with van der Waals surface area (Å²) in [5.74, 6) is 0. The molecule has 0 rings (SSSR count). The number of rotatable bonds is 6. The van der Waals surface area contributed by atoms with E-state index in [1.54, 1.807) is 0 Å². The summed E-state index contributed by atoms with van der Waals surface area (Å²) >= 11 is 0. The minimum absolute atomic E-state index is 0.340. The van der Waals surface area contributed by atoms with Crippen molar-refractivity contribution in [1.82, 2.24) is 0 Å². The summed E-state index contributed by atoms with van der Waals surface area (Å²) in [5, 5.41) is 5.21. The third-order valence-corrected chi connectivity index (χ3v) is 0.907. The molecule has 0 aliphatic heterocycles. The van der Waals surface area contributed by atoms with E-state index >= 15 is 0 Å². The quantitative estimate of drug-likeness (QED) is 0.406. The van der Waals surface area contributed by atoms with E-state index in [9.17, 15) is 9.81 Å². The van der Waals surface area contributed by atoms with Gasteiger partial charge in [-0.3, -0.25) is 0 Å². The van der Waals surface area contributed by atoms with Crippen LogP contribution in [0.5, 0.6) is 0 Å². The molecule has 0 unspecified atom stereocenters. The van der Waals surface area contributed by atoms with E-state index in [2.05, 4.69) is 10.4 Å². The molecule has 0 saturated carbocycles. The third kappa shape index (κ3) is 7.20. The Hall–Kier alpha value is -0.800. The molecule has 0 aliphatic carbocycles. The Kier molecular flexibility index (Phi) is 6.56. The second kappa shape index (κ2) is 7.20. The van der Waals surface area contributed by atoms with Gasteiger partial charge in [-0.2, -0.15) is 9.81 Å². The lowest BCUT2D eigenvalue weighted by Crippen LogP contribution is -1.79. The second-order valence-corrected chi connectivity index (χ2v) is 1.64. The molecule has 0 aliphatic rings. The maximum Gasteiger partial charge on any atom is 0.118 e. The largest absolute Gasteiger partial charge is 0.151 e. The number of hydrogen-bond acceptors (Lipinski definition) is 4. The zero-order valence-corrected chi connectivity index (χ0v) is 5.12.